The van der Waals surface area contributed by atoms with E-state index in [0.717, 1.165) is 31.6 Å². The summed E-state index contributed by atoms with van der Waals surface area (Å²) in [6.45, 7) is 3.12. The van der Waals surface area contributed by atoms with Gasteiger partial charge >= 0.3 is 0 Å². The number of amides is 2. The van der Waals surface area contributed by atoms with Crippen molar-refractivity contribution in [2.75, 3.05) is 44.8 Å². The Bertz CT molecular complexity index is 708. The van der Waals surface area contributed by atoms with E-state index in [1.54, 1.807) is 4.90 Å². The average molecular weight is 359 g/mol. The zero-order valence-corrected chi connectivity index (χ0v) is 15.1. The summed E-state index contributed by atoms with van der Waals surface area (Å²) in [5, 5.41) is 3.14. The monoisotopic (exact) mass is 359 g/mol. The first-order valence-electron chi connectivity index (χ1n) is 9.35. The average Bonchev–Trinajstić information content (AvgIpc) is 3.28. The van der Waals surface area contributed by atoms with Gasteiger partial charge in [-0.3, -0.25) is 9.59 Å². The van der Waals surface area contributed by atoms with Gasteiger partial charge in [-0.1, -0.05) is 0 Å². The summed E-state index contributed by atoms with van der Waals surface area (Å²) >= 11 is 0. The van der Waals surface area contributed by atoms with Gasteiger partial charge in [-0.2, -0.15) is 0 Å². The molecule has 0 aromatic heterocycles. The van der Waals surface area contributed by atoms with Crippen LogP contribution in [0.1, 0.15) is 19.3 Å². The van der Waals surface area contributed by atoms with Gasteiger partial charge in [0, 0.05) is 37.4 Å². The predicted octanol–water partition coefficient (Wildman–Crippen LogP) is 1.02. The van der Waals surface area contributed by atoms with Crippen molar-refractivity contribution in [1.82, 2.24) is 10.2 Å². The fourth-order valence-corrected chi connectivity index (χ4v) is 4.14. The normalized spacial score (nSPS) is 25.0. The minimum atomic E-state index is -0.569. The maximum absolute atomic E-state index is 13.0. The zero-order chi connectivity index (χ0) is 18.1. The van der Waals surface area contributed by atoms with Crippen LogP contribution in [0, 0.1) is 5.92 Å². The number of nitrogens with one attached hydrogen (secondary N) is 1. The Balaban J connectivity index is 1.48. The standard InChI is InChI=1S/C19H25N3O4/c1-20-12-14-3-2-7-21(14)18(23)15-6-8-22(19(15)24)13-4-5-16-17(11-13)26-10-9-25-16/h4-5,11,14-15,20H,2-3,6-10,12H2,1H3. The molecule has 0 saturated carbocycles. The molecule has 2 fully saturated rings. The maximum Gasteiger partial charge on any atom is 0.239 e. The van der Waals surface area contributed by atoms with Crippen molar-refractivity contribution in [3.8, 4) is 11.5 Å². The number of carbonyl (C=O) groups excluding carboxylic acids is 2. The number of hydrogen-bond donors (Lipinski definition) is 1. The molecule has 1 N–H and O–H groups in total. The number of carbonyl (C=O) groups is 2. The van der Waals surface area contributed by atoms with Crippen LogP contribution in [0.2, 0.25) is 0 Å². The highest BCUT2D eigenvalue weighted by Gasteiger charge is 2.42. The number of rotatable bonds is 4. The third kappa shape index (κ3) is 3.00. The summed E-state index contributed by atoms with van der Waals surface area (Å²) in [5.74, 6) is 0.659. The number of hydrogen-bond acceptors (Lipinski definition) is 5. The molecule has 0 aliphatic carbocycles. The Morgan fingerprint density at radius 3 is 2.81 bits per heavy atom. The Kier molecular flexibility index (Phi) is 4.72. The Morgan fingerprint density at radius 2 is 2.00 bits per heavy atom. The van der Waals surface area contributed by atoms with Crippen molar-refractivity contribution in [2.24, 2.45) is 5.92 Å². The molecule has 2 unspecified atom stereocenters. The van der Waals surface area contributed by atoms with Gasteiger partial charge in [0.1, 0.15) is 19.1 Å². The van der Waals surface area contributed by atoms with Crippen molar-refractivity contribution in [3.63, 3.8) is 0 Å². The van der Waals surface area contributed by atoms with Gasteiger partial charge in [0.2, 0.25) is 11.8 Å². The van der Waals surface area contributed by atoms with E-state index in [4.69, 9.17) is 9.47 Å². The van der Waals surface area contributed by atoms with E-state index in [-0.39, 0.29) is 17.9 Å². The topological polar surface area (TPSA) is 71.1 Å². The first-order chi connectivity index (χ1) is 12.7. The van der Waals surface area contributed by atoms with Gasteiger partial charge in [-0.15, -0.1) is 0 Å². The highest BCUT2D eigenvalue weighted by molar-refractivity contribution is 6.09. The van der Waals surface area contributed by atoms with E-state index >= 15 is 0 Å². The summed E-state index contributed by atoms with van der Waals surface area (Å²) < 4.78 is 11.1. The minimum absolute atomic E-state index is 0.0206. The van der Waals surface area contributed by atoms with Crippen LogP contribution >= 0.6 is 0 Å². The van der Waals surface area contributed by atoms with Gasteiger partial charge in [0.15, 0.2) is 11.5 Å². The Morgan fingerprint density at radius 1 is 1.19 bits per heavy atom. The molecule has 3 heterocycles. The number of likely N-dealkylation sites (N-methyl/N-ethyl adjacent to an activating group) is 1. The van der Waals surface area contributed by atoms with Gasteiger partial charge in [0.25, 0.3) is 0 Å². The molecule has 2 amide bonds. The second kappa shape index (κ2) is 7.15. The number of fused-ring (bicyclic) bond motifs is 1. The summed E-state index contributed by atoms with van der Waals surface area (Å²) in [5.41, 5.74) is 0.766. The number of likely N-dealkylation sites (tertiary alicyclic amines) is 1. The van der Waals surface area contributed by atoms with Crippen molar-refractivity contribution in [3.05, 3.63) is 18.2 Å². The molecule has 0 bridgehead atoms. The Hall–Kier alpha value is -2.28. The molecule has 26 heavy (non-hydrogen) atoms. The third-order valence-corrected chi connectivity index (χ3v) is 5.44. The molecule has 1 aromatic carbocycles. The van der Waals surface area contributed by atoms with Gasteiger partial charge in [-0.05, 0) is 38.4 Å². The molecule has 0 spiro atoms. The molecule has 2 atom stereocenters. The predicted molar refractivity (Wildman–Crippen MR) is 96.6 cm³/mol. The fourth-order valence-electron chi connectivity index (χ4n) is 4.14. The van der Waals surface area contributed by atoms with Crippen LogP contribution in [0.5, 0.6) is 11.5 Å². The second-order valence-corrected chi connectivity index (χ2v) is 7.04. The maximum atomic E-state index is 13.0. The highest BCUT2D eigenvalue weighted by Crippen LogP contribution is 2.36. The van der Waals surface area contributed by atoms with E-state index in [9.17, 15) is 9.59 Å². The molecule has 0 radical (unpaired) electrons. The lowest BCUT2D eigenvalue weighted by Crippen LogP contribution is -2.45. The van der Waals surface area contributed by atoms with E-state index in [2.05, 4.69) is 5.32 Å². The van der Waals surface area contributed by atoms with Crippen LogP contribution in [0.15, 0.2) is 18.2 Å². The first kappa shape index (κ1) is 17.1. The van der Waals surface area contributed by atoms with Gasteiger partial charge < -0.3 is 24.6 Å². The van der Waals surface area contributed by atoms with Crippen LogP contribution in [0.4, 0.5) is 5.69 Å². The lowest BCUT2D eigenvalue weighted by molar-refractivity contribution is -0.140. The smallest absolute Gasteiger partial charge is 0.239 e. The second-order valence-electron chi connectivity index (χ2n) is 7.04. The van der Waals surface area contributed by atoms with Crippen LogP contribution in [-0.2, 0) is 9.59 Å². The molecule has 3 aliphatic rings. The van der Waals surface area contributed by atoms with Crippen molar-refractivity contribution in [2.45, 2.75) is 25.3 Å². The number of benzene rings is 1. The summed E-state index contributed by atoms with van der Waals surface area (Å²) in [4.78, 5) is 29.5. The van der Waals surface area contributed by atoms with Crippen molar-refractivity contribution < 1.29 is 19.1 Å². The van der Waals surface area contributed by atoms with Crippen LogP contribution in [0.3, 0.4) is 0 Å². The molecular formula is C19H25N3O4. The molecule has 4 rings (SSSR count). The molecule has 7 nitrogen and oxygen atoms in total. The van der Waals surface area contributed by atoms with Crippen LogP contribution in [0.25, 0.3) is 0 Å². The van der Waals surface area contributed by atoms with E-state index in [0.29, 0.717) is 37.7 Å². The molecule has 140 valence electrons. The summed E-state index contributed by atoms with van der Waals surface area (Å²) in [6.07, 6.45) is 2.57. The lowest BCUT2D eigenvalue weighted by Gasteiger charge is -2.27. The largest absolute Gasteiger partial charge is 0.486 e. The van der Waals surface area contributed by atoms with Crippen molar-refractivity contribution >= 4 is 17.5 Å². The summed E-state index contributed by atoms with van der Waals surface area (Å²) in [7, 11) is 1.89. The lowest BCUT2D eigenvalue weighted by atomic mass is 10.1. The van der Waals surface area contributed by atoms with Crippen molar-refractivity contribution in [1.29, 1.82) is 0 Å². The third-order valence-electron chi connectivity index (χ3n) is 5.44. The SMILES string of the molecule is CNCC1CCCN1C(=O)C1CCN(c2ccc3c(c2)OCCO3)C1=O. The quantitative estimate of drug-likeness (QED) is 0.813. The van der Waals surface area contributed by atoms with Gasteiger partial charge in [-0.25, -0.2) is 0 Å². The highest BCUT2D eigenvalue weighted by atomic mass is 16.6. The molecule has 2 saturated heterocycles. The molecule has 7 heteroatoms. The van der Waals surface area contributed by atoms with Crippen LogP contribution < -0.4 is 19.7 Å². The van der Waals surface area contributed by atoms with E-state index in [1.807, 2.05) is 30.1 Å². The van der Waals surface area contributed by atoms with E-state index < -0.39 is 5.92 Å². The van der Waals surface area contributed by atoms with Gasteiger partial charge in [0.05, 0.1) is 0 Å². The fraction of sp³-hybridized carbons (Fsp3) is 0.579. The Labute approximate surface area is 153 Å². The molecule has 3 aliphatic heterocycles. The molecule has 1 aromatic rings. The minimum Gasteiger partial charge on any atom is -0.486 e. The number of anilines is 1. The summed E-state index contributed by atoms with van der Waals surface area (Å²) in [6, 6.07) is 5.72. The number of nitrogens with zero attached hydrogens (tertiary/aromatic N) is 2. The first-order valence-corrected chi connectivity index (χ1v) is 9.35. The van der Waals surface area contributed by atoms with E-state index in [1.165, 1.54) is 0 Å². The zero-order valence-electron chi connectivity index (χ0n) is 15.1. The molecular weight excluding hydrogens is 334 g/mol. The number of ether oxygens (including phenoxy) is 2. The van der Waals surface area contributed by atoms with Crippen LogP contribution in [-0.4, -0.2) is 62.7 Å².